The predicted octanol–water partition coefficient (Wildman–Crippen LogP) is 11.1. The molecule has 1 aliphatic carbocycles. The van der Waals surface area contributed by atoms with Gasteiger partial charge < -0.3 is 39.9 Å². The second-order valence-corrected chi connectivity index (χ2v) is 19.1. The van der Waals surface area contributed by atoms with Crippen molar-refractivity contribution in [1.82, 2.24) is 0 Å². The lowest BCUT2D eigenvalue weighted by Crippen LogP contribution is -2.64. The monoisotopic (exact) mass is 967 g/mol. The van der Waals surface area contributed by atoms with E-state index in [9.17, 15) is 44.6 Å². The predicted molar refractivity (Wildman–Crippen MR) is 267 cm³/mol. The highest BCUT2D eigenvalue weighted by Gasteiger charge is 2.51. The van der Waals surface area contributed by atoms with Gasteiger partial charge in [-0.3, -0.25) is 18.6 Å². The first kappa shape index (κ1) is 62.3. The van der Waals surface area contributed by atoms with Crippen molar-refractivity contribution in [3.05, 3.63) is 72.9 Å². The molecular formula is C53H91O13P. The maximum atomic E-state index is 12.8. The Bertz CT molecular complexity index is 1440. The highest BCUT2D eigenvalue weighted by molar-refractivity contribution is 7.47. The fourth-order valence-corrected chi connectivity index (χ4v) is 8.45. The van der Waals surface area contributed by atoms with Crippen molar-refractivity contribution < 1.29 is 63.1 Å². The SMILES string of the molecule is CC/C=C\C/C=C\C/C=C\C/C=C\C/C=C\CC(=O)OC(COC(=O)CCCCCCCCCCCCC/C=C\CCCCCCCCCC)COP(=O)(O)OC1C(O)C(O)C(O)C(O)C1O. The van der Waals surface area contributed by atoms with Gasteiger partial charge in [-0.15, -0.1) is 0 Å². The molecule has 1 rings (SSSR count). The summed E-state index contributed by atoms with van der Waals surface area (Å²) in [4.78, 5) is 35.7. The number of aliphatic hydroxyl groups is 5. The molecule has 0 aromatic carbocycles. The largest absolute Gasteiger partial charge is 0.472 e. The molecule has 0 saturated heterocycles. The van der Waals surface area contributed by atoms with Crippen molar-refractivity contribution in [1.29, 1.82) is 0 Å². The topological polar surface area (TPSA) is 210 Å². The number of carbonyl (C=O) groups is 2. The minimum atomic E-state index is -5.15. The fraction of sp³-hybridized carbons (Fsp3) is 0.736. The van der Waals surface area contributed by atoms with Crippen molar-refractivity contribution in [3.8, 4) is 0 Å². The molecular weight excluding hydrogens is 876 g/mol. The van der Waals surface area contributed by atoms with Gasteiger partial charge in [0.15, 0.2) is 6.10 Å². The van der Waals surface area contributed by atoms with Gasteiger partial charge in [-0.25, -0.2) is 4.57 Å². The molecule has 0 aromatic heterocycles. The van der Waals surface area contributed by atoms with Gasteiger partial charge in [-0.05, 0) is 64.2 Å². The lowest BCUT2D eigenvalue weighted by Gasteiger charge is -2.41. The normalized spacial score (nSPS) is 21.7. The van der Waals surface area contributed by atoms with E-state index in [0.717, 1.165) is 44.9 Å². The number of hydrogen-bond acceptors (Lipinski definition) is 12. The van der Waals surface area contributed by atoms with E-state index in [2.05, 4.69) is 62.5 Å². The summed E-state index contributed by atoms with van der Waals surface area (Å²) in [5, 5.41) is 50.2. The van der Waals surface area contributed by atoms with Crippen LogP contribution in [0.1, 0.15) is 194 Å². The Morgan fingerprint density at radius 1 is 0.493 bits per heavy atom. The highest BCUT2D eigenvalue weighted by Crippen LogP contribution is 2.47. The number of aliphatic hydroxyl groups excluding tert-OH is 5. The first-order valence-electron chi connectivity index (χ1n) is 25.7. The van der Waals surface area contributed by atoms with E-state index in [1.807, 2.05) is 12.2 Å². The number of phosphoric acid groups is 1. The smallest absolute Gasteiger partial charge is 0.462 e. The molecule has 0 amide bonds. The van der Waals surface area contributed by atoms with Crippen LogP contribution in [-0.2, 0) is 32.7 Å². The van der Waals surface area contributed by atoms with Gasteiger partial charge in [-0.2, -0.15) is 0 Å². The van der Waals surface area contributed by atoms with Gasteiger partial charge in [0.2, 0.25) is 0 Å². The van der Waals surface area contributed by atoms with Crippen LogP contribution in [0.4, 0.5) is 0 Å². The molecule has 67 heavy (non-hydrogen) atoms. The second kappa shape index (κ2) is 42.2. The second-order valence-electron chi connectivity index (χ2n) is 17.7. The van der Waals surface area contributed by atoms with Gasteiger partial charge >= 0.3 is 19.8 Å². The Kier molecular flexibility index (Phi) is 39.2. The quantitative estimate of drug-likeness (QED) is 0.0146. The average Bonchev–Trinajstić information content (AvgIpc) is 3.31. The van der Waals surface area contributed by atoms with E-state index in [1.54, 1.807) is 12.2 Å². The number of phosphoric ester groups is 1. The minimum Gasteiger partial charge on any atom is -0.462 e. The molecule has 1 saturated carbocycles. The van der Waals surface area contributed by atoms with Crippen molar-refractivity contribution in [2.45, 2.75) is 236 Å². The van der Waals surface area contributed by atoms with Crippen LogP contribution < -0.4 is 0 Å². The molecule has 14 heteroatoms. The van der Waals surface area contributed by atoms with Crippen LogP contribution in [0.15, 0.2) is 72.9 Å². The van der Waals surface area contributed by atoms with E-state index in [-0.39, 0.29) is 12.8 Å². The number of ether oxygens (including phenoxy) is 2. The summed E-state index contributed by atoms with van der Waals surface area (Å²) in [5.41, 5.74) is 0. The molecule has 1 fully saturated rings. The van der Waals surface area contributed by atoms with Crippen LogP contribution in [0.2, 0.25) is 0 Å². The Morgan fingerprint density at radius 3 is 1.36 bits per heavy atom. The van der Waals surface area contributed by atoms with Crippen molar-refractivity contribution >= 4 is 19.8 Å². The number of hydrogen-bond donors (Lipinski definition) is 6. The average molecular weight is 967 g/mol. The van der Waals surface area contributed by atoms with Crippen LogP contribution >= 0.6 is 7.82 Å². The number of unbranched alkanes of at least 4 members (excludes halogenated alkanes) is 19. The molecule has 6 N–H and O–H groups in total. The molecule has 386 valence electrons. The summed E-state index contributed by atoms with van der Waals surface area (Å²) in [7, 11) is -5.15. The van der Waals surface area contributed by atoms with Gasteiger partial charge in [0.05, 0.1) is 13.0 Å². The molecule has 0 aliphatic heterocycles. The van der Waals surface area contributed by atoms with Crippen LogP contribution in [0.25, 0.3) is 0 Å². The van der Waals surface area contributed by atoms with E-state index in [0.29, 0.717) is 12.8 Å². The zero-order valence-electron chi connectivity index (χ0n) is 41.2. The maximum Gasteiger partial charge on any atom is 0.472 e. The molecule has 6 atom stereocenters. The van der Waals surface area contributed by atoms with Crippen molar-refractivity contribution in [3.63, 3.8) is 0 Å². The van der Waals surface area contributed by atoms with E-state index in [1.165, 1.54) is 109 Å². The summed E-state index contributed by atoms with van der Waals surface area (Å²) >= 11 is 0. The first-order chi connectivity index (χ1) is 32.4. The third kappa shape index (κ3) is 34.3. The molecule has 6 unspecified atom stereocenters. The van der Waals surface area contributed by atoms with Gasteiger partial charge in [0.1, 0.15) is 43.2 Å². The van der Waals surface area contributed by atoms with Crippen molar-refractivity contribution in [2.24, 2.45) is 0 Å². The molecule has 0 bridgehead atoms. The van der Waals surface area contributed by atoms with Crippen LogP contribution in [0, 0.1) is 0 Å². The molecule has 13 nitrogen and oxygen atoms in total. The Labute approximate surface area is 404 Å². The van der Waals surface area contributed by atoms with Crippen LogP contribution in [0.5, 0.6) is 0 Å². The van der Waals surface area contributed by atoms with E-state index < -0.39 is 75.7 Å². The van der Waals surface area contributed by atoms with Gasteiger partial charge in [0.25, 0.3) is 0 Å². The van der Waals surface area contributed by atoms with Gasteiger partial charge in [-0.1, -0.05) is 189 Å². The van der Waals surface area contributed by atoms with Crippen LogP contribution in [-0.4, -0.2) is 98.3 Å². The summed E-state index contributed by atoms with van der Waals surface area (Å²) < 4.78 is 33.5. The standard InChI is InChI=1S/C53H91O13P/c1-3-5-7-9-11-13-15-17-19-20-21-22-23-24-25-26-28-29-31-33-35-37-39-41-46(54)63-43-45(44-64-67(61,62)66-53-51(59)49(57)48(56)50(58)52(53)60)65-47(55)42-40-38-36-34-32-30-27-18-16-14-12-10-8-6-4-2/h6,8,12,14,18,20-21,27,32,34,38,40,45,48-53,56-60H,3-5,7,9-11,13,15-17,19,22-26,28-31,33,35-37,39,41-44H2,1-2H3,(H,61,62)/b8-6-,14-12-,21-20-,27-18-,34-32-,40-38-. The summed E-state index contributed by atoms with van der Waals surface area (Å²) in [6.07, 6.45) is 41.3. The minimum absolute atomic E-state index is 0.138. The number of rotatable bonds is 42. The molecule has 0 aromatic rings. The summed E-state index contributed by atoms with van der Waals surface area (Å²) in [6, 6.07) is 0. The third-order valence-electron chi connectivity index (χ3n) is 11.6. The zero-order chi connectivity index (χ0) is 49.2. The van der Waals surface area contributed by atoms with E-state index >= 15 is 0 Å². The first-order valence-corrected chi connectivity index (χ1v) is 27.2. The summed E-state index contributed by atoms with van der Waals surface area (Å²) in [6.45, 7) is 3.11. The van der Waals surface area contributed by atoms with Crippen molar-refractivity contribution in [2.75, 3.05) is 13.2 Å². The third-order valence-corrected chi connectivity index (χ3v) is 12.5. The molecule has 1 aliphatic rings. The lowest BCUT2D eigenvalue weighted by molar-refractivity contribution is -0.220. The molecule has 0 spiro atoms. The molecule has 0 heterocycles. The number of esters is 2. The number of allylic oxidation sites excluding steroid dienone is 11. The van der Waals surface area contributed by atoms with Crippen LogP contribution in [0.3, 0.4) is 0 Å². The molecule has 0 radical (unpaired) electrons. The Hall–Kier alpha value is -2.71. The Balaban J connectivity index is 2.41. The maximum absolute atomic E-state index is 12.8. The number of carbonyl (C=O) groups excluding carboxylic acids is 2. The zero-order valence-corrected chi connectivity index (χ0v) is 42.1. The van der Waals surface area contributed by atoms with Gasteiger partial charge in [0, 0.05) is 6.42 Å². The highest BCUT2D eigenvalue weighted by atomic mass is 31.2. The lowest BCUT2D eigenvalue weighted by atomic mass is 9.85. The van der Waals surface area contributed by atoms with E-state index in [4.69, 9.17) is 18.5 Å². The Morgan fingerprint density at radius 2 is 0.896 bits per heavy atom. The fourth-order valence-electron chi connectivity index (χ4n) is 7.48. The summed E-state index contributed by atoms with van der Waals surface area (Å²) in [5.74, 6) is -1.25.